The van der Waals surface area contributed by atoms with Gasteiger partial charge in [-0.2, -0.15) is 13.2 Å². The van der Waals surface area contributed by atoms with Crippen molar-refractivity contribution in [3.05, 3.63) is 29.3 Å². The van der Waals surface area contributed by atoms with Gasteiger partial charge in [0, 0.05) is 11.6 Å². The zero-order chi connectivity index (χ0) is 14.2. The molecule has 0 aromatic heterocycles. The highest BCUT2D eigenvalue weighted by atomic mass is 19.4. The van der Waals surface area contributed by atoms with Crippen LogP contribution >= 0.6 is 0 Å². The molecule has 1 aromatic carbocycles. The molecule has 2 aliphatic heterocycles. The second kappa shape index (κ2) is 5.28. The number of piperidine rings is 1. The molecule has 0 saturated carbocycles. The maximum absolute atomic E-state index is 13.2. The fraction of sp³-hybridized carbons (Fsp3) is 0.600. The summed E-state index contributed by atoms with van der Waals surface area (Å²) >= 11 is 0. The van der Waals surface area contributed by atoms with Crippen LogP contribution < -0.4 is 10.1 Å². The Hall–Kier alpha value is -1.23. The molecule has 20 heavy (non-hydrogen) atoms. The maximum Gasteiger partial charge on any atom is 0.393 e. The van der Waals surface area contributed by atoms with Gasteiger partial charge in [0.25, 0.3) is 0 Å². The van der Waals surface area contributed by atoms with E-state index in [0.717, 1.165) is 18.4 Å². The van der Waals surface area contributed by atoms with E-state index in [2.05, 4.69) is 5.32 Å². The number of hydrogen-bond acceptors (Lipinski definition) is 2. The fourth-order valence-corrected chi connectivity index (χ4v) is 3.23. The van der Waals surface area contributed by atoms with Crippen LogP contribution in [0.4, 0.5) is 13.2 Å². The van der Waals surface area contributed by atoms with Crippen LogP contribution in [0, 0.1) is 5.92 Å². The molecule has 0 aliphatic carbocycles. The molecule has 2 aliphatic rings. The Kier molecular flexibility index (Phi) is 3.63. The van der Waals surface area contributed by atoms with Crippen molar-refractivity contribution in [3.8, 4) is 5.75 Å². The summed E-state index contributed by atoms with van der Waals surface area (Å²) < 4.78 is 45.3. The number of halogens is 3. The second-order valence-electron chi connectivity index (χ2n) is 5.51. The first-order chi connectivity index (χ1) is 9.57. The summed E-state index contributed by atoms with van der Waals surface area (Å²) in [5, 5.41) is 3.04. The average molecular weight is 285 g/mol. The number of nitrogens with one attached hydrogen (secondary N) is 1. The summed E-state index contributed by atoms with van der Waals surface area (Å²) in [5.41, 5.74) is 1.70. The Morgan fingerprint density at radius 2 is 2.05 bits per heavy atom. The van der Waals surface area contributed by atoms with Crippen molar-refractivity contribution in [2.75, 3.05) is 13.2 Å². The number of rotatable bonds is 1. The van der Waals surface area contributed by atoms with E-state index in [1.165, 1.54) is 0 Å². The van der Waals surface area contributed by atoms with E-state index in [4.69, 9.17) is 4.74 Å². The van der Waals surface area contributed by atoms with Crippen molar-refractivity contribution in [3.63, 3.8) is 0 Å². The number of alkyl halides is 3. The Balaban J connectivity index is 1.98. The van der Waals surface area contributed by atoms with Crippen molar-refractivity contribution in [1.82, 2.24) is 5.32 Å². The zero-order valence-corrected chi connectivity index (χ0v) is 11.2. The summed E-state index contributed by atoms with van der Waals surface area (Å²) in [6, 6.07) is 4.87. The molecule has 5 heteroatoms. The monoisotopic (exact) mass is 285 g/mol. The largest absolute Gasteiger partial charge is 0.493 e. The lowest BCUT2D eigenvalue weighted by Crippen LogP contribution is -2.41. The minimum atomic E-state index is -4.17. The predicted molar refractivity (Wildman–Crippen MR) is 69.8 cm³/mol. The molecule has 0 spiro atoms. The molecule has 1 fully saturated rings. The first kappa shape index (κ1) is 13.7. The smallest absolute Gasteiger partial charge is 0.393 e. The van der Waals surface area contributed by atoms with Gasteiger partial charge in [-0.15, -0.1) is 0 Å². The zero-order valence-electron chi connectivity index (χ0n) is 11.2. The van der Waals surface area contributed by atoms with Crippen molar-refractivity contribution < 1.29 is 17.9 Å². The number of benzene rings is 1. The molecule has 110 valence electrons. The van der Waals surface area contributed by atoms with Gasteiger partial charge in [-0.05, 0) is 37.8 Å². The van der Waals surface area contributed by atoms with Gasteiger partial charge in [0.05, 0.1) is 12.5 Å². The van der Waals surface area contributed by atoms with Crippen LogP contribution in [0.1, 0.15) is 36.4 Å². The second-order valence-corrected chi connectivity index (χ2v) is 5.51. The maximum atomic E-state index is 13.2. The minimum absolute atomic E-state index is 0.185. The standard InChI is InChI=1S/C15H18F3NO/c16-15(17,18)12-7-2-8-19-13(12)11-6-1-4-10-5-3-9-20-14(10)11/h1,4,6,12-13,19H,2-3,5,7-9H2. The van der Waals surface area contributed by atoms with Gasteiger partial charge < -0.3 is 10.1 Å². The third-order valence-electron chi connectivity index (χ3n) is 4.18. The molecule has 2 heterocycles. The summed E-state index contributed by atoms with van der Waals surface area (Å²) in [7, 11) is 0. The molecular formula is C15H18F3NO. The van der Waals surface area contributed by atoms with E-state index in [1.807, 2.05) is 12.1 Å². The van der Waals surface area contributed by atoms with Crippen molar-refractivity contribution in [1.29, 1.82) is 0 Å². The van der Waals surface area contributed by atoms with E-state index in [0.29, 0.717) is 30.9 Å². The van der Waals surface area contributed by atoms with Crippen LogP contribution in [0.2, 0.25) is 0 Å². The van der Waals surface area contributed by atoms with E-state index in [-0.39, 0.29) is 6.42 Å². The van der Waals surface area contributed by atoms with Crippen molar-refractivity contribution in [2.24, 2.45) is 5.92 Å². The highest BCUT2D eigenvalue weighted by Gasteiger charge is 2.46. The van der Waals surface area contributed by atoms with Crippen LogP contribution in [0.5, 0.6) is 5.75 Å². The summed E-state index contributed by atoms with van der Waals surface area (Å²) in [5.74, 6) is -0.652. The van der Waals surface area contributed by atoms with E-state index in [1.54, 1.807) is 6.07 Å². The molecule has 0 radical (unpaired) electrons. The van der Waals surface area contributed by atoms with Crippen LogP contribution in [0.15, 0.2) is 18.2 Å². The van der Waals surface area contributed by atoms with Crippen LogP contribution in [-0.4, -0.2) is 19.3 Å². The third-order valence-corrected chi connectivity index (χ3v) is 4.18. The van der Waals surface area contributed by atoms with Gasteiger partial charge in [-0.25, -0.2) is 0 Å². The third kappa shape index (κ3) is 2.51. The van der Waals surface area contributed by atoms with E-state index < -0.39 is 18.1 Å². The SMILES string of the molecule is FC(F)(F)C1CCCNC1c1cccc2c1OCCC2. The lowest BCUT2D eigenvalue weighted by atomic mass is 9.84. The molecular weight excluding hydrogens is 267 g/mol. The van der Waals surface area contributed by atoms with E-state index in [9.17, 15) is 13.2 Å². The first-order valence-corrected chi connectivity index (χ1v) is 7.12. The molecule has 1 N–H and O–H groups in total. The summed E-state index contributed by atoms with van der Waals surface area (Å²) in [6.45, 7) is 1.22. The van der Waals surface area contributed by atoms with Gasteiger partial charge in [0.1, 0.15) is 5.75 Å². The average Bonchev–Trinajstić information content (AvgIpc) is 2.46. The van der Waals surface area contributed by atoms with Gasteiger partial charge in [0.15, 0.2) is 0 Å². The Morgan fingerprint density at radius 1 is 1.20 bits per heavy atom. The molecule has 1 aromatic rings. The van der Waals surface area contributed by atoms with Crippen molar-refractivity contribution in [2.45, 2.75) is 37.9 Å². The molecule has 1 saturated heterocycles. The molecule has 3 rings (SSSR count). The summed E-state index contributed by atoms with van der Waals surface area (Å²) in [6.07, 6.45) is -1.61. The van der Waals surface area contributed by atoms with Crippen LogP contribution in [0.25, 0.3) is 0 Å². The fourth-order valence-electron chi connectivity index (χ4n) is 3.23. The highest BCUT2D eigenvalue weighted by Crippen LogP contribution is 2.44. The number of ether oxygens (including phenoxy) is 1. The molecule has 0 amide bonds. The molecule has 2 unspecified atom stereocenters. The van der Waals surface area contributed by atoms with Gasteiger partial charge in [-0.3, -0.25) is 0 Å². The van der Waals surface area contributed by atoms with Gasteiger partial charge in [0.2, 0.25) is 0 Å². The predicted octanol–water partition coefficient (Wildman–Crippen LogP) is 3.61. The van der Waals surface area contributed by atoms with Crippen molar-refractivity contribution >= 4 is 0 Å². The number of fused-ring (bicyclic) bond motifs is 1. The van der Waals surface area contributed by atoms with E-state index >= 15 is 0 Å². The molecule has 2 atom stereocenters. The molecule has 2 nitrogen and oxygen atoms in total. The first-order valence-electron chi connectivity index (χ1n) is 7.12. The van der Waals surface area contributed by atoms with Crippen LogP contribution in [-0.2, 0) is 6.42 Å². The van der Waals surface area contributed by atoms with Gasteiger partial charge >= 0.3 is 6.18 Å². The van der Waals surface area contributed by atoms with Gasteiger partial charge in [-0.1, -0.05) is 18.2 Å². The highest BCUT2D eigenvalue weighted by molar-refractivity contribution is 5.45. The normalized spacial score (nSPS) is 26.8. The lowest BCUT2D eigenvalue weighted by Gasteiger charge is -2.36. The Bertz CT molecular complexity index is 486. The minimum Gasteiger partial charge on any atom is -0.493 e. The number of hydrogen-bond donors (Lipinski definition) is 1. The quantitative estimate of drug-likeness (QED) is 0.851. The molecule has 0 bridgehead atoms. The lowest BCUT2D eigenvalue weighted by molar-refractivity contribution is -0.189. The Morgan fingerprint density at radius 3 is 2.85 bits per heavy atom. The Labute approximate surface area is 116 Å². The van der Waals surface area contributed by atoms with Crippen LogP contribution in [0.3, 0.4) is 0 Å². The number of para-hydroxylation sites is 1. The number of aryl methyl sites for hydroxylation is 1. The summed E-state index contributed by atoms with van der Waals surface area (Å²) in [4.78, 5) is 0. The topological polar surface area (TPSA) is 21.3 Å².